The van der Waals surface area contributed by atoms with Crippen molar-refractivity contribution in [3.8, 4) is 0 Å². The lowest BCUT2D eigenvalue weighted by Gasteiger charge is -2.18. The van der Waals surface area contributed by atoms with Gasteiger partial charge in [0.15, 0.2) is 0 Å². The molecule has 1 atom stereocenters. The van der Waals surface area contributed by atoms with E-state index in [2.05, 4.69) is 53.7 Å². The lowest BCUT2D eigenvalue weighted by Crippen LogP contribution is -2.24. The van der Waals surface area contributed by atoms with Crippen LogP contribution >= 0.6 is 0 Å². The summed E-state index contributed by atoms with van der Waals surface area (Å²) in [5.74, 6) is 0. The molecule has 1 heterocycles. The minimum absolute atomic E-state index is 0.303. The summed E-state index contributed by atoms with van der Waals surface area (Å²) in [6.45, 7) is 5.31. The molecular formula is C15H22N4. The molecule has 0 fully saturated rings. The summed E-state index contributed by atoms with van der Waals surface area (Å²) in [5, 5.41) is 11.8. The minimum Gasteiger partial charge on any atom is -0.310 e. The van der Waals surface area contributed by atoms with Crippen LogP contribution in [0.3, 0.4) is 0 Å². The van der Waals surface area contributed by atoms with E-state index in [0.29, 0.717) is 6.04 Å². The van der Waals surface area contributed by atoms with Crippen molar-refractivity contribution in [1.82, 2.24) is 20.3 Å². The summed E-state index contributed by atoms with van der Waals surface area (Å²) >= 11 is 0. The fourth-order valence-corrected chi connectivity index (χ4v) is 2.12. The minimum atomic E-state index is 0.303. The molecule has 1 unspecified atom stereocenters. The van der Waals surface area contributed by atoms with Crippen LogP contribution in [0, 0.1) is 6.92 Å². The van der Waals surface area contributed by atoms with Crippen LogP contribution in [0.5, 0.6) is 0 Å². The van der Waals surface area contributed by atoms with Gasteiger partial charge in [0.1, 0.15) is 0 Å². The van der Waals surface area contributed by atoms with Gasteiger partial charge in [-0.05, 0) is 25.5 Å². The first-order valence-corrected chi connectivity index (χ1v) is 6.84. The summed E-state index contributed by atoms with van der Waals surface area (Å²) in [6.07, 6.45) is 3.98. The molecule has 1 N–H and O–H groups in total. The molecule has 0 saturated heterocycles. The molecule has 0 aliphatic heterocycles. The SMILES string of the molecule is CCCNC(Cc1cn(C)nn1)c1ccc(C)cc1. The van der Waals surface area contributed by atoms with Gasteiger partial charge in [-0.2, -0.15) is 0 Å². The highest BCUT2D eigenvalue weighted by molar-refractivity contribution is 5.25. The maximum absolute atomic E-state index is 4.18. The highest BCUT2D eigenvalue weighted by Gasteiger charge is 2.13. The number of nitrogens with one attached hydrogen (secondary N) is 1. The molecule has 19 heavy (non-hydrogen) atoms. The Hall–Kier alpha value is -1.68. The van der Waals surface area contributed by atoms with E-state index in [1.807, 2.05) is 13.2 Å². The summed E-state index contributed by atoms with van der Waals surface area (Å²) in [7, 11) is 1.90. The van der Waals surface area contributed by atoms with E-state index in [-0.39, 0.29) is 0 Å². The van der Waals surface area contributed by atoms with Gasteiger partial charge in [-0.25, -0.2) is 0 Å². The number of rotatable bonds is 6. The number of hydrogen-bond donors (Lipinski definition) is 1. The van der Waals surface area contributed by atoms with Gasteiger partial charge in [-0.15, -0.1) is 5.10 Å². The number of aryl methyl sites for hydroxylation is 2. The normalized spacial score (nSPS) is 12.6. The molecule has 0 saturated carbocycles. The molecule has 0 radical (unpaired) electrons. The van der Waals surface area contributed by atoms with Crippen molar-refractivity contribution in [3.63, 3.8) is 0 Å². The van der Waals surface area contributed by atoms with Crippen LogP contribution in [0.1, 0.15) is 36.2 Å². The van der Waals surface area contributed by atoms with E-state index in [9.17, 15) is 0 Å². The van der Waals surface area contributed by atoms with Gasteiger partial charge in [0.05, 0.1) is 5.69 Å². The predicted molar refractivity (Wildman–Crippen MR) is 76.9 cm³/mol. The summed E-state index contributed by atoms with van der Waals surface area (Å²) in [5.41, 5.74) is 3.62. The summed E-state index contributed by atoms with van der Waals surface area (Å²) < 4.78 is 1.75. The Morgan fingerprint density at radius 3 is 2.58 bits per heavy atom. The lowest BCUT2D eigenvalue weighted by molar-refractivity contribution is 0.524. The number of hydrogen-bond acceptors (Lipinski definition) is 3. The first-order valence-electron chi connectivity index (χ1n) is 6.84. The standard InChI is InChI=1S/C15H22N4/c1-4-9-16-15(10-14-11-19(3)18-17-14)13-7-5-12(2)6-8-13/h5-8,11,15-16H,4,9-10H2,1-3H3. The fourth-order valence-electron chi connectivity index (χ4n) is 2.12. The Balaban J connectivity index is 2.13. The third-order valence-electron chi connectivity index (χ3n) is 3.18. The van der Waals surface area contributed by atoms with Crippen LogP contribution in [-0.4, -0.2) is 21.5 Å². The summed E-state index contributed by atoms with van der Waals surface area (Å²) in [4.78, 5) is 0. The highest BCUT2D eigenvalue weighted by atomic mass is 15.4. The second-order valence-electron chi connectivity index (χ2n) is 5.01. The Morgan fingerprint density at radius 2 is 2.00 bits per heavy atom. The van der Waals surface area contributed by atoms with Gasteiger partial charge in [-0.3, -0.25) is 4.68 Å². The number of aromatic nitrogens is 3. The van der Waals surface area contributed by atoms with Crippen molar-refractivity contribution in [2.45, 2.75) is 32.7 Å². The van der Waals surface area contributed by atoms with E-state index in [4.69, 9.17) is 0 Å². The molecule has 0 aliphatic carbocycles. The zero-order valence-corrected chi connectivity index (χ0v) is 11.9. The van der Waals surface area contributed by atoms with Crippen molar-refractivity contribution in [2.24, 2.45) is 7.05 Å². The molecule has 2 aromatic rings. The van der Waals surface area contributed by atoms with Crippen molar-refractivity contribution >= 4 is 0 Å². The quantitative estimate of drug-likeness (QED) is 0.865. The first kappa shape index (κ1) is 13.7. The monoisotopic (exact) mass is 258 g/mol. The molecule has 0 spiro atoms. The predicted octanol–water partition coefficient (Wildman–Crippen LogP) is 2.41. The van der Waals surface area contributed by atoms with Crippen LogP contribution in [0.25, 0.3) is 0 Å². The van der Waals surface area contributed by atoms with Gasteiger partial charge in [0.25, 0.3) is 0 Å². The molecule has 4 nitrogen and oxygen atoms in total. The lowest BCUT2D eigenvalue weighted by atomic mass is 10.0. The fraction of sp³-hybridized carbons (Fsp3) is 0.467. The largest absolute Gasteiger partial charge is 0.310 e. The Kier molecular flexibility index (Phi) is 4.68. The maximum atomic E-state index is 4.18. The van der Waals surface area contributed by atoms with Crippen LogP contribution in [0.2, 0.25) is 0 Å². The van der Waals surface area contributed by atoms with Crippen LogP contribution in [0.15, 0.2) is 30.5 Å². The Labute approximate surface area is 114 Å². The van der Waals surface area contributed by atoms with Gasteiger partial charge < -0.3 is 5.32 Å². The van der Waals surface area contributed by atoms with Crippen molar-refractivity contribution < 1.29 is 0 Å². The van der Waals surface area contributed by atoms with E-state index < -0.39 is 0 Å². The summed E-state index contributed by atoms with van der Waals surface area (Å²) in [6, 6.07) is 9.01. The third kappa shape index (κ3) is 3.89. The van der Waals surface area contributed by atoms with Crippen molar-refractivity contribution in [2.75, 3.05) is 6.54 Å². The molecule has 0 amide bonds. The zero-order chi connectivity index (χ0) is 13.7. The van der Waals surface area contributed by atoms with E-state index in [0.717, 1.165) is 25.1 Å². The Morgan fingerprint density at radius 1 is 1.26 bits per heavy atom. The molecule has 4 heteroatoms. The average molecular weight is 258 g/mol. The molecule has 0 aliphatic rings. The second kappa shape index (κ2) is 6.48. The van der Waals surface area contributed by atoms with Crippen LogP contribution in [0.4, 0.5) is 0 Å². The van der Waals surface area contributed by atoms with Crippen LogP contribution < -0.4 is 5.32 Å². The van der Waals surface area contributed by atoms with Gasteiger partial charge in [0, 0.05) is 25.7 Å². The second-order valence-corrected chi connectivity index (χ2v) is 5.01. The number of benzene rings is 1. The van der Waals surface area contributed by atoms with E-state index >= 15 is 0 Å². The molecule has 102 valence electrons. The molecular weight excluding hydrogens is 236 g/mol. The zero-order valence-electron chi connectivity index (χ0n) is 11.9. The van der Waals surface area contributed by atoms with Gasteiger partial charge in [-0.1, -0.05) is 42.0 Å². The topological polar surface area (TPSA) is 42.7 Å². The van der Waals surface area contributed by atoms with E-state index in [1.165, 1.54) is 11.1 Å². The average Bonchev–Trinajstić information content (AvgIpc) is 2.81. The van der Waals surface area contributed by atoms with Crippen molar-refractivity contribution in [1.29, 1.82) is 0 Å². The van der Waals surface area contributed by atoms with Gasteiger partial charge >= 0.3 is 0 Å². The first-order chi connectivity index (χ1) is 9.19. The molecule has 0 bridgehead atoms. The van der Waals surface area contributed by atoms with Crippen LogP contribution in [-0.2, 0) is 13.5 Å². The maximum Gasteiger partial charge on any atom is 0.0845 e. The Bertz CT molecular complexity index is 501. The molecule has 1 aromatic carbocycles. The van der Waals surface area contributed by atoms with E-state index in [1.54, 1.807) is 4.68 Å². The third-order valence-corrected chi connectivity index (χ3v) is 3.18. The smallest absolute Gasteiger partial charge is 0.0845 e. The highest BCUT2D eigenvalue weighted by Crippen LogP contribution is 2.18. The van der Waals surface area contributed by atoms with Gasteiger partial charge in [0.2, 0.25) is 0 Å². The van der Waals surface area contributed by atoms with Crippen molar-refractivity contribution in [3.05, 3.63) is 47.3 Å². The molecule has 1 aromatic heterocycles. The number of nitrogens with zero attached hydrogens (tertiary/aromatic N) is 3. The molecule has 2 rings (SSSR count).